The van der Waals surface area contributed by atoms with E-state index in [0.29, 0.717) is 17.8 Å². The number of nitrogens with one attached hydrogen (secondary N) is 1. The fourth-order valence-corrected chi connectivity index (χ4v) is 2.75. The highest BCUT2D eigenvalue weighted by Gasteiger charge is 2.35. The number of aromatic nitrogens is 2. The molecule has 0 spiro atoms. The number of allylic oxidation sites excluding steroid dienone is 1. The second-order valence-corrected chi connectivity index (χ2v) is 5.20. The van der Waals surface area contributed by atoms with Crippen LogP contribution in [0.1, 0.15) is 18.5 Å². The Balaban J connectivity index is 0.00000243. The maximum absolute atomic E-state index is 12.5. The van der Waals surface area contributed by atoms with Crippen LogP contribution < -0.4 is 5.32 Å². The molecule has 0 aliphatic carbocycles. The summed E-state index contributed by atoms with van der Waals surface area (Å²) in [7, 11) is 0. The summed E-state index contributed by atoms with van der Waals surface area (Å²) in [5.74, 6) is -0.320. The molecule has 1 aliphatic heterocycles. The van der Waals surface area contributed by atoms with Gasteiger partial charge >= 0.3 is 5.97 Å². The van der Waals surface area contributed by atoms with Crippen molar-refractivity contribution in [2.75, 3.05) is 11.9 Å². The lowest BCUT2D eigenvalue weighted by atomic mass is 9.95. The number of nitro benzene ring substituents is 1. The molecule has 9 nitrogen and oxygen atoms in total. The first-order valence-corrected chi connectivity index (χ1v) is 7.47. The smallest absolute Gasteiger partial charge is 0.338 e. The molecule has 26 heavy (non-hydrogen) atoms. The zero-order valence-electron chi connectivity index (χ0n) is 13.6. The van der Waals surface area contributed by atoms with Crippen molar-refractivity contribution in [1.82, 2.24) is 9.55 Å². The third-order valence-electron chi connectivity index (χ3n) is 3.77. The zero-order valence-corrected chi connectivity index (χ0v) is 14.4. The number of nitro groups is 1. The first-order chi connectivity index (χ1) is 12.1. The Morgan fingerprint density at radius 2 is 2.27 bits per heavy atom. The van der Waals surface area contributed by atoms with Crippen molar-refractivity contribution in [1.29, 1.82) is 0 Å². The molecule has 0 fully saturated rings. The number of anilines is 1. The largest absolute Gasteiger partial charge is 0.463 e. The molecule has 0 saturated heterocycles. The van der Waals surface area contributed by atoms with Crippen molar-refractivity contribution in [3.63, 3.8) is 0 Å². The molecule has 3 rings (SSSR count). The molecule has 1 N–H and O–H groups in total. The topological polar surface area (TPSA) is 116 Å². The van der Waals surface area contributed by atoms with Crippen LogP contribution in [0.4, 0.5) is 11.6 Å². The summed E-state index contributed by atoms with van der Waals surface area (Å²) in [4.78, 5) is 38.6. The van der Waals surface area contributed by atoms with E-state index in [1.165, 1.54) is 24.4 Å². The van der Waals surface area contributed by atoms with Crippen LogP contribution in [-0.2, 0) is 14.3 Å². The molecule has 0 amide bonds. The molecular weight excluding hydrogens is 364 g/mol. The first-order valence-electron chi connectivity index (χ1n) is 7.47. The van der Waals surface area contributed by atoms with Gasteiger partial charge in [-0.2, -0.15) is 0 Å². The maximum atomic E-state index is 12.5. The van der Waals surface area contributed by atoms with Gasteiger partial charge in [-0.3, -0.25) is 14.9 Å². The second-order valence-electron chi connectivity index (χ2n) is 5.20. The van der Waals surface area contributed by atoms with Gasteiger partial charge in [0.2, 0.25) is 5.95 Å². The average molecular weight is 379 g/mol. The summed E-state index contributed by atoms with van der Waals surface area (Å²) < 4.78 is 6.69. The number of non-ortho nitro benzene ring substituents is 1. The molecule has 2 aromatic rings. The van der Waals surface area contributed by atoms with Crippen LogP contribution in [0.25, 0.3) is 0 Å². The van der Waals surface area contributed by atoms with E-state index in [9.17, 15) is 19.7 Å². The fourth-order valence-electron chi connectivity index (χ4n) is 2.75. The highest BCUT2D eigenvalue weighted by atomic mass is 35.5. The molecule has 0 bridgehead atoms. The molecular formula is C16H15ClN4O5. The third kappa shape index (κ3) is 3.29. The van der Waals surface area contributed by atoms with Crippen LogP contribution in [0.15, 0.2) is 47.9 Å². The van der Waals surface area contributed by atoms with Crippen LogP contribution in [0.3, 0.4) is 0 Å². The van der Waals surface area contributed by atoms with Crippen LogP contribution >= 0.6 is 12.4 Å². The summed E-state index contributed by atoms with van der Waals surface area (Å²) in [5, 5.41) is 13.9. The lowest BCUT2D eigenvalue weighted by Crippen LogP contribution is -2.30. The normalized spacial score (nSPS) is 15.3. The number of ether oxygens (including phenoxy) is 1. The Hall–Kier alpha value is -3.20. The number of imidazole rings is 1. The number of halogens is 1. The molecule has 2 heterocycles. The first kappa shape index (κ1) is 19.1. The van der Waals surface area contributed by atoms with Crippen LogP contribution in [0, 0.1) is 10.1 Å². The van der Waals surface area contributed by atoms with Gasteiger partial charge in [0.25, 0.3) is 5.69 Å². The van der Waals surface area contributed by atoms with Crippen molar-refractivity contribution in [3.8, 4) is 0 Å². The van der Waals surface area contributed by atoms with Gasteiger partial charge in [-0.25, -0.2) is 9.78 Å². The monoisotopic (exact) mass is 378 g/mol. The summed E-state index contributed by atoms with van der Waals surface area (Å²) in [6.07, 6.45) is 3.63. The summed E-state index contributed by atoms with van der Waals surface area (Å²) in [5.41, 5.74) is 0.447. The van der Waals surface area contributed by atoms with Gasteiger partial charge in [0.15, 0.2) is 6.29 Å². The number of fused-ring (bicyclic) bond motifs is 1. The lowest BCUT2D eigenvalue weighted by molar-refractivity contribution is -0.384. The Bertz CT molecular complexity index is 892. The fraction of sp³-hybridized carbons (Fsp3) is 0.188. The number of esters is 1. The van der Waals surface area contributed by atoms with Gasteiger partial charge in [0.05, 0.1) is 28.8 Å². The summed E-state index contributed by atoms with van der Waals surface area (Å²) in [6.45, 7) is 1.78. The van der Waals surface area contributed by atoms with E-state index in [1.54, 1.807) is 23.8 Å². The van der Waals surface area contributed by atoms with Gasteiger partial charge in [-0.05, 0) is 12.5 Å². The number of hydrogen-bond acceptors (Lipinski definition) is 7. The van der Waals surface area contributed by atoms with Crippen molar-refractivity contribution in [2.45, 2.75) is 13.0 Å². The number of nitrogens with zero attached hydrogens (tertiary/aromatic N) is 3. The number of benzene rings is 1. The predicted octanol–water partition coefficient (Wildman–Crippen LogP) is 2.24. The van der Waals surface area contributed by atoms with Gasteiger partial charge in [0.1, 0.15) is 0 Å². The molecule has 1 aliphatic rings. The molecule has 1 unspecified atom stereocenters. The van der Waals surface area contributed by atoms with Crippen molar-refractivity contribution in [2.24, 2.45) is 0 Å². The van der Waals surface area contributed by atoms with Crippen LogP contribution in [-0.4, -0.2) is 33.3 Å². The number of carbonyl (C=O) groups excluding carboxylic acids is 2. The predicted molar refractivity (Wildman–Crippen MR) is 94.1 cm³/mol. The minimum Gasteiger partial charge on any atom is -0.463 e. The number of aldehydes is 1. The van der Waals surface area contributed by atoms with Gasteiger partial charge < -0.3 is 14.6 Å². The Morgan fingerprint density at radius 3 is 2.92 bits per heavy atom. The molecule has 1 aromatic heterocycles. The third-order valence-corrected chi connectivity index (χ3v) is 3.77. The van der Waals surface area contributed by atoms with E-state index in [4.69, 9.17) is 4.74 Å². The van der Waals surface area contributed by atoms with E-state index < -0.39 is 16.9 Å². The quantitative estimate of drug-likeness (QED) is 0.367. The highest BCUT2D eigenvalue weighted by Crippen LogP contribution is 2.36. The number of rotatable bonds is 5. The Kier molecular flexibility index (Phi) is 5.73. The number of carbonyl (C=O) groups is 2. The van der Waals surface area contributed by atoms with Crippen molar-refractivity contribution >= 4 is 36.3 Å². The average Bonchev–Trinajstić information content (AvgIpc) is 3.08. The standard InChI is InChI=1S/C16H14N4O5.ClH/c1-2-25-15(22)13-12(9-21)18-16-17-6-7-19(16)14(13)10-4-3-5-11(8-10)20(23)24;/h3-9,14H,2H2,1H3,(H,17,18);1H. The van der Waals surface area contributed by atoms with Gasteiger partial charge in [-0.15, -0.1) is 12.4 Å². The SMILES string of the molecule is CCOC(=O)C1=C(C=O)Nc2nccn2C1c1cccc([N+](=O)[O-])c1.Cl. The second kappa shape index (κ2) is 7.79. The number of hydrogen-bond donors (Lipinski definition) is 1. The van der Waals surface area contributed by atoms with Gasteiger partial charge in [0, 0.05) is 24.5 Å². The molecule has 10 heteroatoms. The van der Waals surface area contributed by atoms with Crippen LogP contribution in [0.2, 0.25) is 0 Å². The minimum atomic E-state index is -0.766. The lowest BCUT2D eigenvalue weighted by Gasteiger charge is -2.28. The minimum absolute atomic E-state index is 0. The van der Waals surface area contributed by atoms with E-state index >= 15 is 0 Å². The molecule has 1 atom stereocenters. The molecule has 0 saturated carbocycles. The summed E-state index contributed by atoms with van der Waals surface area (Å²) >= 11 is 0. The molecule has 136 valence electrons. The Morgan fingerprint density at radius 1 is 1.50 bits per heavy atom. The highest BCUT2D eigenvalue weighted by molar-refractivity contribution is 5.99. The molecule has 0 radical (unpaired) electrons. The molecule has 1 aromatic carbocycles. The van der Waals surface area contributed by atoms with Gasteiger partial charge in [-0.1, -0.05) is 12.1 Å². The van der Waals surface area contributed by atoms with E-state index in [1.807, 2.05) is 0 Å². The summed E-state index contributed by atoms with van der Waals surface area (Å²) in [6, 6.07) is 5.12. The zero-order chi connectivity index (χ0) is 18.0. The van der Waals surface area contributed by atoms with E-state index in [-0.39, 0.29) is 36.0 Å². The van der Waals surface area contributed by atoms with Crippen molar-refractivity contribution in [3.05, 3.63) is 63.6 Å². The van der Waals surface area contributed by atoms with Crippen molar-refractivity contribution < 1.29 is 19.2 Å². The maximum Gasteiger partial charge on any atom is 0.338 e. The van der Waals surface area contributed by atoms with E-state index in [2.05, 4.69) is 10.3 Å². The Labute approximate surface area is 154 Å². The van der Waals surface area contributed by atoms with Crippen LogP contribution in [0.5, 0.6) is 0 Å². The van der Waals surface area contributed by atoms with E-state index in [0.717, 1.165) is 0 Å².